The molecule has 0 spiro atoms. The van der Waals surface area contributed by atoms with Crippen molar-refractivity contribution in [1.29, 1.82) is 0 Å². The normalized spacial score (nSPS) is 13.7. The van der Waals surface area contributed by atoms with Crippen LogP contribution in [0.15, 0.2) is 49.1 Å². The summed E-state index contributed by atoms with van der Waals surface area (Å²) in [5.41, 5.74) is 3.04. The Labute approximate surface area is 165 Å². The van der Waals surface area contributed by atoms with Gasteiger partial charge in [0.25, 0.3) is 0 Å². The molecule has 4 rings (SSSR count). The second kappa shape index (κ2) is 9.61. The van der Waals surface area contributed by atoms with Gasteiger partial charge in [-0.05, 0) is 12.1 Å². The second-order valence-corrected chi connectivity index (χ2v) is 5.14. The molecule has 2 aromatic heterocycles. The van der Waals surface area contributed by atoms with Gasteiger partial charge in [-0.3, -0.25) is 23.0 Å². The molecule has 0 bridgehead atoms. The third-order valence-electron chi connectivity index (χ3n) is 3.18. The number of hydrogen-bond donors (Lipinski definition) is 1. The van der Waals surface area contributed by atoms with Gasteiger partial charge in [0.1, 0.15) is 0 Å². The molecule has 0 unspecified atom stereocenters. The Morgan fingerprint density at radius 3 is 2.31 bits per heavy atom. The molecule has 1 saturated heterocycles. The molecule has 1 radical (unpaired) electrons. The Morgan fingerprint density at radius 1 is 1.19 bits per heavy atom. The maximum atomic E-state index is 13.2. The van der Waals surface area contributed by atoms with E-state index in [-0.39, 0.29) is 26.8 Å². The van der Waals surface area contributed by atoms with Crippen molar-refractivity contribution >= 4 is 13.2 Å². The van der Waals surface area contributed by atoms with Crippen LogP contribution in [0.2, 0.25) is 0 Å². The van der Waals surface area contributed by atoms with Gasteiger partial charge in [-0.25, -0.2) is 12.1 Å². The van der Waals surface area contributed by atoms with Gasteiger partial charge < -0.3 is 5.01 Å². The summed E-state index contributed by atoms with van der Waals surface area (Å²) >= 11 is 0. The Morgan fingerprint density at radius 2 is 1.85 bits per heavy atom. The van der Waals surface area contributed by atoms with Crippen LogP contribution < -0.4 is 10.5 Å². The largest absolute Gasteiger partial charge is 2.00 e. The van der Waals surface area contributed by atoms with Crippen molar-refractivity contribution in [2.75, 3.05) is 18.6 Å². The number of hydrazine groups is 2. The Kier molecular flexibility index (Phi) is 7.50. The van der Waals surface area contributed by atoms with Crippen molar-refractivity contribution < 1.29 is 29.8 Å². The molecule has 11 heteroatoms. The predicted octanol–water partition coefficient (Wildman–Crippen LogP) is 1.11. The first-order valence-electron chi connectivity index (χ1n) is 7.42. The van der Waals surface area contributed by atoms with E-state index in [0.29, 0.717) is 6.54 Å². The molecule has 3 aromatic rings. The second-order valence-electron chi connectivity index (χ2n) is 5.14. The molecule has 137 valence electrons. The molecule has 0 aliphatic carbocycles. The van der Waals surface area contributed by atoms with Crippen LogP contribution >= 0.6 is 0 Å². The number of anilines is 1. The molecule has 3 heterocycles. The fourth-order valence-corrected chi connectivity index (χ4v) is 2.05. The zero-order valence-corrected chi connectivity index (χ0v) is 16.0. The van der Waals surface area contributed by atoms with E-state index < -0.39 is 11.6 Å². The number of aromatic nitrogens is 4. The summed E-state index contributed by atoms with van der Waals surface area (Å²) in [4.78, 5) is 0. The van der Waals surface area contributed by atoms with Gasteiger partial charge in [0.2, 0.25) is 0 Å². The average Bonchev–Trinajstić information content (AvgIpc) is 3.32. The maximum Gasteiger partial charge on any atom is 2.00 e. The van der Waals surface area contributed by atoms with E-state index in [2.05, 4.69) is 21.8 Å². The van der Waals surface area contributed by atoms with Crippen LogP contribution in [-0.4, -0.2) is 45.5 Å². The van der Waals surface area contributed by atoms with Crippen molar-refractivity contribution in [2.24, 2.45) is 0 Å². The summed E-state index contributed by atoms with van der Waals surface area (Å²) in [7, 11) is 3.60. The smallest absolute Gasteiger partial charge is 0.463 e. The minimum Gasteiger partial charge on any atom is -0.463 e. The van der Waals surface area contributed by atoms with Crippen LogP contribution in [0.25, 0.3) is 0 Å². The quantitative estimate of drug-likeness (QED) is 0.401. The Hall–Kier alpha value is -2.03. The molecule has 7 nitrogen and oxygen atoms in total. The van der Waals surface area contributed by atoms with Crippen molar-refractivity contribution in [3.8, 4) is 0 Å². The van der Waals surface area contributed by atoms with E-state index >= 15 is 0 Å². The van der Waals surface area contributed by atoms with Crippen molar-refractivity contribution in [3.05, 3.63) is 73.3 Å². The summed E-state index contributed by atoms with van der Waals surface area (Å²) in [5.74, 6) is -1.26. The Balaban J connectivity index is 0.000000184. The fourth-order valence-electron chi connectivity index (χ4n) is 2.05. The molecule has 26 heavy (non-hydrogen) atoms. The summed E-state index contributed by atoms with van der Waals surface area (Å²) in [6.07, 6.45) is 7.14. The van der Waals surface area contributed by atoms with E-state index in [4.69, 9.17) is 0 Å². The molecule has 1 N–H and O–H groups in total. The molecule has 0 amide bonds. The number of rotatable bonds is 3. The third kappa shape index (κ3) is 5.49. The zero-order chi connectivity index (χ0) is 17.6. The summed E-state index contributed by atoms with van der Waals surface area (Å²) in [6.45, 7) is 2.40. The molecule has 1 aliphatic heterocycles. The number of hydrogen-bond acceptors (Lipinski definition) is 5. The van der Waals surface area contributed by atoms with Gasteiger partial charge in [0.15, 0.2) is 0 Å². The van der Waals surface area contributed by atoms with Crippen LogP contribution in [0, 0.1) is 24.2 Å². The molecule has 0 saturated carbocycles. The van der Waals surface area contributed by atoms with Crippen molar-refractivity contribution in [3.63, 3.8) is 0 Å². The van der Waals surface area contributed by atoms with Crippen LogP contribution in [0.5, 0.6) is 0 Å². The number of halogens is 2. The van der Waals surface area contributed by atoms with Crippen LogP contribution in [0.1, 0.15) is 0 Å². The van der Waals surface area contributed by atoms with Gasteiger partial charge in [-0.15, -0.1) is 12.1 Å². The minimum atomic E-state index is -0.635. The van der Waals surface area contributed by atoms with E-state index in [1.807, 2.05) is 31.6 Å². The summed E-state index contributed by atoms with van der Waals surface area (Å²) < 4.78 is 29.2. The summed E-state index contributed by atoms with van der Waals surface area (Å²) in [5, 5.41) is 11.2. The van der Waals surface area contributed by atoms with Crippen LogP contribution in [0.4, 0.5) is 14.5 Å². The predicted molar refractivity (Wildman–Crippen MR) is 88.7 cm³/mol. The van der Waals surface area contributed by atoms with E-state index in [9.17, 15) is 8.78 Å². The van der Waals surface area contributed by atoms with Gasteiger partial charge >= 0.3 is 28.6 Å². The van der Waals surface area contributed by atoms with E-state index in [1.54, 1.807) is 40.7 Å². The first kappa shape index (κ1) is 20.3. The van der Waals surface area contributed by atoms with E-state index in [1.165, 1.54) is 5.01 Å². The SMILES string of the molecule is CN1C[CH-]N(c2[c-]cc(F)cc2F)N1.[B](n1cccn1)n1cccn1.[Pt+2]. The van der Waals surface area contributed by atoms with Gasteiger partial charge in [-0.1, -0.05) is 12.2 Å². The fraction of sp³-hybridized carbons (Fsp3) is 0.133. The number of likely N-dealkylation sites (N-methyl/N-ethyl adjacent to an activating group) is 1. The van der Waals surface area contributed by atoms with Crippen molar-refractivity contribution in [1.82, 2.24) is 29.9 Å². The molecular weight excluding hydrogens is 522 g/mol. The monoisotopic (exact) mass is 537 g/mol. The number of nitrogens with one attached hydrogen (secondary N) is 1. The van der Waals surface area contributed by atoms with Crippen LogP contribution in [0.3, 0.4) is 0 Å². The standard InChI is InChI=1S/C9H9F2N3.C6H6BN4.Pt/c1-13-4-5-14(12-13)9-3-2-7(10)6-8(9)11;1-3-8-10(5-1)7-11-6-2-4-9-11;/h2,5-6,12H,4H2,1H3;1-6H;/q-2;;+2. The Bertz CT molecular complexity index is 753. The first-order chi connectivity index (χ1) is 12.1. The molecule has 1 aromatic carbocycles. The molecular formula is C15H15BF2N7Pt. The topological polar surface area (TPSA) is 54.1 Å². The first-order valence-corrected chi connectivity index (χ1v) is 7.42. The molecule has 1 fully saturated rings. The number of benzene rings is 1. The number of nitrogens with zero attached hydrogens (tertiary/aromatic N) is 6. The molecule has 1 aliphatic rings. The van der Waals surface area contributed by atoms with Gasteiger partial charge in [0.05, 0.1) is 0 Å². The minimum absolute atomic E-state index is 0. The summed E-state index contributed by atoms with van der Waals surface area (Å²) in [6, 6.07) is 8.18. The average molecular weight is 537 g/mol. The van der Waals surface area contributed by atoms with Gasteiger partial charge in [0, 0.05) is 43.5 Å². The maximum absolute atomic E-state index is 13.2. The van der Waals surface area contributed by atoms with E-state index in [0.717, 1.165) is 12.1 Å². The van der Waals surface area contributed by atoms with Gasteiger partial charge in [-0.2, -0.15) is 16.3 Å². The van der Waals surface area contributed by atoms with Crippen molar-refractivity contribution in [2.45, 2.75) is 0 Å². The third-order valence-corrected chi connectivity index (χ3v) is 3.18. The van der Waals surface area contributed by atoms with Crippen LogP contribution in [-0.2, 0) is 21.1 Å². The zero-order valence-electron chi connectivity index (χ0n) is 13.7. The molecule has 0 atom stereocenters.